The van der Waals surface area contributed by atoms with Crippen LogP contribution >= 0.6 is 15.9 Å². The van der Waals surface area contributed by atoms with E-state index in [0.29, 0.717) is 32.4 Å². The lowest BCUT2D eigenvalue weighted by Crippen LogP contribution is -2.46. The smallest absolute Gasteiger partial charge is 0.416 e. The molecule has 0 spiro atoms. The van der Waals surface area contributed by atoms with Gasteiger partial charge in [0, 0.05) is 24.4 Å². The molecule has 0 radical (unpaired) electrons. The number of ether oxygens (including phenoxy) is 2. The highest BCUT2D eigenvalue weighted by atomic mass is 79.9. The summed E-state index contributed by atoms with van der Waals surface area (Å²) < 4.78 is 17.5. The van der Waals surface area contributed by atoms with Crippen LogP contribution in [-0.4, -0.2) is 59.2 Å². The summed E-state index contributed by atoms with van der Waals surface area (Å²) in [4.78, 5) is 42.8. The molecule has 2 fully saturated rings. The Bertz CT molecular complexity index is 1360. The molecule has 0 saturated carbocycles. The molecule has 3 aromatic rings. The van der Waals surface area contributed by atoms with Crippen molar-refractivity contribution in [3.63, 3.8) is 0 Å². The van der Waals surface area contributed by atoms with E-state index in [1.54, 1.807) is 11.2 Å². The van der Waals surface area contributed by atoms with E-state index in [0.717, 1.165) is 26.6 Å². The van der Waals surface area contributed by atoms with Crippen LogP contribution < -0.4 is 0 Å². The molecule has 0 unspecified atom stereocenters. The van der Waals surface area contributed by atoms with E-state index < -0.39 is 17.6 Å². The summed E-state index contributed by atoms with van der Waals surface area (Å²) in [6.45, 7) is 6.53. The number of nitrogens with zero attached hydrogens (tertiary/aromatic N) is 2. The third-order valence-corrected chi connectivity index (χ3v) is 7.94. The molecule has 0 N–H and O–H groups in total. The van der Waals surface area contributed by atoms with Crippen molar-refractivity contribution in [3.05, 3.63) is 70.4 Å². The fraction of sp³-hybridized carbons (Fsp3) is 0.433. The van der Waals surface area contributed by atoms with E-state index in [1.165, 1.54) is 4.90 Å². The number of hydrogen-bond acceptors (Lipinski definition) is 6. The number of amides is 3. The van der Waals surface area contributed by atoms with Crippen LogP contribution in [0.5, 0.6) is 0 Å². The molecule has 0 aliphatic carbocycles. The van der Waals surface area contributed by atoms with Gasteiger partial charge in [-0.3, -0.25) is 4.79 Å². The van der Waals surface area contributed by atoms with Gasteiger partial charge in [-0.1, -0.05) is 36.4 Å². The van der Waals surface area contributed by atoms with Gasteiger partial charge in [0.15, 0.2) is 0 Å². The molecule has 2 saturated heterocycles. The number of carbonyl (C=O) groups is 3. The first-order chi connectivity index (χ1) is 18.6. The predicted octanol–water partition coefficient (Wildman–Crippen LogP) is 6.20. The fourth-order valence-electron chi connectivity index (χ4n) is 5.43. The highest BCUT2D eigenvalue weighted by Gasteiger charge is 2.45. The molecule has 8 nitrogen and oxygen atoms in total. The summed E-state index contributed by atoms with van der Waals surface area (Å²) in [6.07, 6.45) is 2.20. The van der Waals surface area contributed by atoms with Crippen molar-refractivity contribution in [2.45, 2.75) is 51.7 Å². The molecule has 3 amide bonds. The van der Waals surface area contributed by atoms with Crippen LogP contribution in [-0.2, 0) is 27.1 Å². The van der Waals surface area contributed by atoms with E-state index >= 15 is 0 Å². The minimum absolute atomic E-state index is 0.144. The molecule has 3 atom stereocenters. The minimum Gasteiger partial charge on any atom is -0.463 e. The Labute approximate surface area is 236 Å². The Hall–Kier alpha value is -3.33. The third kappa shape index (κ3) is 6.13. The van der Waals surface area contributed by atoms with Crippen LogP contribution in [0, 0.1) is 11.8 Å². The van der Waals surface area contributed by atoms with E-state index in [4.69, 9.17) is 13.9 Å². The van der Waals surface area contributed by atoms with Crippen LogP contribution in [0.15, 0.2) is 63.7 Å². The van der Waals surface area contributed by atoms with Gasteiger partial charge in [-0.25, -0.2) is 14.5 Å². The number of halogens is 1. The molecule has 1 aromatic heterocycles. The Morgan fingerprint density at radius 1 is 1.13 bits per heavy atom. The molecule has 2 aliphatic rings. The number of furan rings is 1. The first-order valence-corrected chi connectivity index (χ1v) is 14.1. The van der Waals surface area contributed by atoms with Crippen LogP contribution in [0.4, 0.5) is 9.59 Å². The Balaban J connectivity index is 1.41. The zero-order chi connectivity index (χ0) is 27.7. The van der Waals surface area contributed by atoms with Gasteiger partial charge >= 0.3 is 12.2 Å². The van der Waals surface area contributed by atoms with Gasteiger partial charge in [0.1, 0.15) is 24.1 Å². The number of rotatable bonds is 6. The standard InChI is InChI=1S/C30H33BrN2O6/c1-30(2,3)39-28(35)32-12-11-21(16-32)24(14-20-9-10-23-25(31)18-37-26(23)15-20)27(34)33-22(17-38-29(33)36)13-19-7-5-4-6-8-19/h4-10,15,18,21-22,24H,11-14,16-17H2,1-3H3/t21-,22-,24-/m0/s1. The van der Waals surface area contributed by atoms with Gasteiger partial charge in [-0.05, 0) is 85.1 Å². The van der Waals surface area contributed by atoms with Crippen molar-refractivity contribution in [3.8, 4) is 0 Å². The van der Waals surface area contributed by atoms with Gasteiger partial charge in [0.2, 0.25) is 5.91 Å². The van der Waals surface area contributed by atoms with Gasteiger partial charge in [-0.2, -0.15) is 0 Å². The van der Waals surface area contributed by atoms with Crippen LogP contribution in [0.2, 0.25) is 0 Å². The van der Waals surface area contributed by atoms with Gasteiger partial charge in [-0.15, -0.1) is 0 Å². The minimum atomic E-state index is -0.613. The molecular weight excluding hydrogens is 564 g/mol. The Kier molecular flexibility index (Phi) is 7.71. The lowest BCUT2D eigenvalue weighted by molar-refractivity contribution is -0.135. The van der Waals surface area contributed by atoms with Crippen molar-refractivity contribution < 1.29 is 28.3 Å². The lowest BCUT2D eigenvalue weighted by Gasteiger charge is -2.29. The predicted molar refractivity (Wildman–Crippen MR) is 149 cm³/mol. The number of carbonyl (C=O) groups excluding carboxylic acids is 3. The van der Waals surface area contributed by atoms with Crippen molar-refractivity contribution >= 4 is 45.0 Å². The quantitative estimate of drug-likeness (QED) is 0.336. The zero-order valence-electron chi connectivity index (χ0n) is 22.4. The zero-order valence-corrected chi connectivity index (χ0v) is 24.0. The molecule has 0 bridgehead atoms. The van der Waals surface area contributed by atoms with Crippen molar-refractivity contribution in [1.29, 1.82) is 0 Å². The maximum atomic E-state index is 14.2. The van der Waals surface area contributed by atoms with E-state index in [1.807, 2.05) is 69.3 Å². The topological polar surface area (TPSA) is 89.3 Å². The molecule has 5 rings (SSSR count). The second-order valence-corrected chi connectivity index (χ2v) is 12.2. The van der Waals surface area contributed by atoms with E-state index in [2.05, 4.69) is 15.9 Å². The first-order valence-electron chi connectivity index (χ1n) is 13.3. The number of cyclic esters (lactones) is 1. The van der Waals surface area contributed by atoms with Gasteiger partial charge in [0.05, 0.1) is 10.5 Å². The summed E-state index contributed by atoms with van der Waals surface area (Å²) in [6, 6.07) is 15.3. The summed E-state index contributed by atoms with van der Waals surface area (Å²) >= 11 is 3.49. The van der Waals surface area contributed by atoms with Crippen molar-refractivity contribution in [1.82, 2.24) is 9.80 Å². The number of imide groups is 1. The van der Waals surface area contributed by atoms with Crippen LogP contribution in [0.25, 0.3) is 11.0 Å². The molecule has 206 valence electrons. The van der Waals surface area contributed by atoms with E-state index in [-0.39, 0.29) is 30.6 Å². The Morgan fingerprint density at radius 3 is 2.64 bits per heavy atom. The average molecular weight is 598 g/mol. The molecule has 3 heterocycles. The fourth-order valence-corrected chi connectivity index (χ4v) is 5.85. The maximum Gasteiger partial charge on any atom is 0.416 e. The lowest BCUT2D eigenvalue weighted by atomic mass is 9.84. The van der Waals surface area contributed by atoms with Crippen molar-refractivity contribution in [2.24, 2.45) is 11.8 Å². The summed E-state index contributed by atoms with van der Waals surface area (Å²) in [5.74, 6) is -0.942. The third-order valence-electron chi connectivity index (χ3n) is 7.32. The largest absolute Gasteiger partial charge is 0.463 e. The Morgan fingerprint density at radius 2 is 1.90 bits per heavy atom. The number of hydrogen-bond donors (Lipinski definition) is 0. The molecule has 39 heavy (non-hydrogen) atoms. The first kappa shape index (κ1) is 27.2. The molecular formula is C30H33BrN2O6. The van der Waals surface area contributed by atoms with E-state index in [9.17, 15) is 14.4 Å². The van der Waals surface area contributed by atoms with Crippen LogP contribution in [0.3, 0.4) is 0 Å². The highest BCUT2D eigenvalue weighted by Crippen LogP contribution is 2.34. The normalized spacial score (nSPS) is 20.4. The second-order valence-electron chi connectivity index (χ2n) is 11.3. The molecule has 2 aliphatic heterocycles. The summed E-state index contributed by atoms with van der Waals surface area (Å²) in [5, 5.41) is 0.949. The average Bonchev–Trinajstić information content (AvgIpc) is 3.61. The summed E-state index contributed by atoms with van der Waals surface area (Å²) in [5.41, 5.74) is 2.06. The number of likely N-dealkylation sites (tertiary alicyclic amines) is 1. The number of fused-ring (bicyclic) bond motifs is 1. The second kappa shape index (κ2) is 11.0. The maximum absolute atomic E-state index is 14.2. The molecule has 9 heteroatoms. The monoisotopic (exact) mass is 596 g/mol. The van der Waals surface area contributed by atoms with Gasteiger partial charge in [0.25, 0.3) is 0 Å². The van der Waals surface area contributed by atoms with Crippen LogP contribution in [0.1, 0.15) is 38.3 Å². The molecule has 2 aromatic carbocycles. The summed E-state index contributed by atoms with van der Waals surface area (Å²) in [7, 11) is 0. The highest BCUT2D eigenvalue weighted by molar-refractivity contribution is 9.10. The SMILES string of the molecule is CC(C)(C)OC(=O)N1CC[C@H]([C@H](Cc2ccc3c(Br)coc3c2)C(=O)N2C(=O)OC[C@@H]2Cc2ccccc2)C1. The van der Waals surface area contributed by atoms with Gasteiger partial charge < -0.3 is 18.8 Å². The van der Waals surface area contributed by atoms with Crippen molar-refractivity contribution in [2.75, 3.05) is 19.7 Å². The number of benzene rings is 2.